The number of methoxy groups -OCH3 is 1. The van der Waals surface area contributed by atoms with Crippen LogP contribution in [0.4, 0.5) is 5.00 Å². The van der Waals surface area contributed by atoms with Crippen LogP contribution in [0.5, 0.6) is 5.75 Å². The van der Waals surface area contributed by atoms with Crippen molar-refractivity contribution in [2.24, 2.45) is 0 Å². The second kappa shape index (κ2) is 7.52. The van der Waals surface area contributed by atoms with E-state index in [0.717, 1.165) is 23.3 Å². The molecule has 0 bridgehead atoms. The van der Waals surface area contributed by atoms with Gasteiger partial charge in [-0.3, -0.25) is 9.59 Å². The molecule has 4 rings (SSSR count). The maximum Gasteiger partial charge on any atom is 0.291 e. The minimum atomic E-state index is -0.329. The lowest BCUT2D eigenvalue weighted by Crippen LogP contribution is -2.35. The Bertz CT molecular complexity index is 1020. The molecule has 28 heavy (non-hydrogen) atoms. The molecule has 0 spiro atoms. The van der Waals surface area contributed by atoms with Crippen molar-refractivity contribution in [1.82, 2.24) is 4.90 Å². The van der Waals surface area contributed by atoms with Gasteiger partial charge in [-0.25, -0.2) is 0 Å². The van der Waals surface area contributed by atoms with Crippen molar-refractivity contribution in [3.63, 3.8) is 0 Å². The van der Waals surface area contributed by atoms with E-state index < -0.39 is 0 Å². The van der Waals surface area contributed by atoms with E-state index in [2.05, 4.69) is 11.4 Å². The van der Waals surface area contributed by atoms with E-state index in [9.17, 15) is 9.59 Å². The van der Waals surface area contributed by atoms with Crippen LogP contribution in [0.25, 0.3) is 0 Å². The van der Waals surface area contributed by atoms with Crippen LogP contribution in [0.2, 0.25) is 0 Å². The fraction of sp³-hybridized carbons (Fsp3) is 0.238. The Morgan fingerprint density at radius 3 is 2.82 bits per heavy atom. The number of carbonyl (C=O) groups excluding carboxylic acids is 2. The summed E-state index contributed by atoms with van der Waals surface area (Å²) in [6, 6.07) is 11.1. The second-order valence-corrected chi connectivity index (χ2v) is 7.72. The SMILES string of the molecule is COc1ccc2c(c1)CN(C(=O)c1sc(NC(=O)c3ccco3)cc1C)CC2. The molecule has 0 atom stereocenters. The molecule has 2 amide bonds. The Morgan fingerprint density at radius 1 is 1.21 bits per heavy atom. The fourth-order valence-electron chi connectivity index (χ4n) is 3.31. The number of thiophene rings is 1. The first-order chi connectivity index (χ1) is 13.5. The molecule has 3 aromatic rings. The molecule has 0 saturated heterocycles. The van der Waals surface area contributed by atoms with Gasteiger partial charge >= 0.3 is 0 Å². The van der Waals surface area contributed by atoms with Gasteiger partial charge < -0.3 is 19.4 Å². The highest BCUT2D eigenvalue weighted by atomic mass is 32.1. The van der Waals surface area contributed by atoms with Crippen LogP contribution < -0.4 is 10.1 Å². The van der Waals surface area contributed by atoms with Crippen LogP contribution in [-0.4, -0.2) is 30.4 Å². The molecule has 1 aliphatic heterocycles. The van der Waals surface area contributed by atoms with Crippen LogP contribution in [0, 0.1) is 6.92 Å². The molecule has 2 aromatic heterocycles. The number of aryl methyl sites for hydroxylation is 1. The van der Waals surface area contributed by atoms with Gasteiger partial charge in [-0.2, -0.15) is 0 Å². The number of carbonyl (C=O) groups is 2. The number of fused-ring (bicyclic) bond motifs is 1. The highest BCUT2D eigenvalue weighted by molar-refractivity contribution is 7.18. The average molecular weight is 396 g/mol. The summed E-state index contributed by atoms with van der Waals surface area (Å²) in [5, 5.41) is 3.42. The number of amides is 2. The van der Waals surface area contributed by atoms with Crippen molar-refractivity contribution in [2.45, 2.75) is 19.9 Å². The van der Waals surface area contributed by atoms with Gasteiger partial charge in [-0.15, -0.1) is 11.3 Å². The number of benzene rings is 1. The molecule has 7 heteroatoms. The Labute approximate surface area is 166 Å². The zero-order valence-electron chi connectivity index (χ0n) is 15.7. The first-order valence-corrected chi connectivity index (χ1v) is 9.77. The third-order valence-corrected chi connectivity index (χ3v) is 5.95. The molecule has 1 N–H and O–H groups in total. The van der Waals surface area contributed by atoms with E-state index in [4.69, 9.17) is 9.15 Å². The van der Waals surface area contributed by atoms with Gasteiger partial charge in [0.15, 0.2) is 5.76 Å². The van der Waals surface area contributed by atoms with Crippen LogP contribution in [0.3, 0.4) is 0 Å². The van der Waals surface area contributed by atoms with E-state index in [-0.39, 0.29) is 17.6 Å². The van der Waals surface area contributed by atoms with Crippen LogP contribution in [0.1, 0.15) is 36.9 Å². The molecule has 0 aliphatic carbocycles. The number of nitrogens with zero attached hydrogens (tertiary/aromatic N) is 1. The number of ether oxygens (including phenoxy) is 1. The molecule has 0 fully saturated rings. The zero-order chi connectivity index (χ0) is 19.7. The molecule has 1 aliphatic rings. The summed E-state index contributed by atoms with van der Waals surface area (Å²) in [4.78, 5) is 27.7. The maximum atomic E-state index is 13.1. The van der Waals surface area contributed by atoms with Gasteiger partial charge in [-0.1, -0.05) is 6.07 Å². The minimum Gasteiger partial charge on any atom is -0.497 e. The standard InChI is InChI=1S/C21H20N2O4S/c1-13-10-18(22-20(24)17-4-3-9-27-17)28-19(13)21(25)23-8-7-14-5-6-16(26-2)11-15(14)12-23/h3-6,9-11H,7-8,12H2,1-2H3,(H,22,24). The average Bonchev–Trinajstić information content (AvgIpc) is 3.36. The third-order valence-electron chi connectivity index (χ3n) is 4.81. The smallest absolute Gasteiger partial charge is 0.291 e. The number of hydrogen-bond acceptors (Lipinski definition) is 5. The topological polar surface area (TPSA) is 71.8 Å². The first kappa shape index (κ1) is 18.3. The number of anilines is 1. The molecular weight excluding hydrogens is 376 g/mol. The molecule has 144 valence electrons. The monoisotopic (exact) mass is 396 g/mol. The molecule has 1 aromatic carbocycles. The lowest BCUT2D eigenvalue weighted by molar-refractivity contribution is 0.0738. The van der Waals surface area contributed by atoms with Gasteiger partial charge in [0, 0.05) is 13.1 Å². The molecular formula is C21H20N2O4S. The number of hydrogen-bond donors (Lipinski definition) is 1. The third kappa shape index (κ3) is 3.53. The van der Waals surface area contributed by atoms with Crippen LogP contribution >= 0.6 is 11.3 Å². The van der Waals surface area contributed by atoms with E-state index in [1.807, 2.05) is 30.0 Å². The summed E-state index contributed by atoms with van der Waals surface area (Å²) in [6.45, 7) is 3.10. The van der Waals surface area contributed by atoms with Crippen molar-refractivity contribution in [1.29, 1.82) is 0 Å². The van der Waals surface area contributed by atoms with Gasteiger partial charge in [0.05, 0.1) is 23.3 Å². The zero-order valence-corrected chi connectivity index (χ0v) is 16.5. The summed E-state index contributed by atoms with van der Waals surface area (Å²) in [7, 11) is 1.64. The van der Waals surface area contributed by atoms with E-state index >= 15 is 0 Å². The summed E-state index contributed by atoms with van der Waals surface area (Å²) in [5.41, 5.74) is 3.21. The van der Waals surface area contributed by atoms with Gasteiger partial charge in [0.2, 0.25) is 0 Å². The molecule has 6 nitrogen and oxygen atoms in total. The normalized spacial score (nSPS) is 13.1. The Balaban J connectivity index is 1.50. The van der Waals surface area contributed by atoms with Crippen molar-refractivity contribution in [3.8, 4) is 5.75 Å². The molecule has 0 saturated carbocycles. The van der Waals surface area contributed by atoms with Crippen molar-refractivity contribution < 1.29 is 18.7 Å². The predicted molar refractivity (Wildman–Crippen MR) is 107 cm³/mol. The lowest BCUT2D eigenvalue weighted by Gasteiger charge is -2.29. The predicted octanol–water partition coefficient (Wildman–Crippen LogP) is 4.11. The lowest BCUT2D eigenvalue weighted by atomic mass is 9.99. The highest BCUT2D eigenvalue weighted by Gasteiger charge is 2.25. The van der Waals surface area contributed by atoms with Crippen molar-refractivity contribution in [2.75, 3.05) is 19.0 Å². The quantitative estimate of drug-likeness (QED) is 0.720. The van der Waals surface area contributed by atoms with E-state index in [0.29, 0.717) is 23.0 Å². The first-order valence-electron chi connectivity index (χ1n) is 8.95. The molecule has 3 heterocycles. The Hall–Kier alpha value is -3.06. The maximum absolute atomic E-state index is 13.1. The summed E-state index contributed by atoms with van der Waals surface area (Å²) < 4.78 is 10.4. The van der Waals surface area contributed by atoms with Gasteiger partial charge in [0.1, 0.15) is 5.75 Å². The summed E-state index contributed by atoms with van der Waals surface area (Å²) >= 11 is 1.29. The highest BCUT2D eigenvalue weighted by Crippen LogP contribution is 2.31. The summed E-state index contributed by atoms with van der Waals surface area (Å²) in [6.07, 6.45) is 2.27. The van der Waals surface area contributed by atoms with E-state index in [1.54, 1.807) is 19.2 Å². The number of nitrogens with one attached hydrogen (secondary N) is 1. The minimum absolute atomic E-state index is 0.0190. The van der Waals surface area contributed by atoms with Crippen LogP contribution in [0.15, 0.2) is 47.1 Å². The van der Waals surface area contributed by atoms with Gasteiger partial charge in [0.25, 0.3) is 11.8 Å². The second-order valence-electron chi connectivity index (χ2n) is 6.67. The molecule has 0 unspecified atom stereocenters. The van der Waals surface area contributed by atoms with Crippen molar-refractivity contribution in [3.05, 3.63) is 70.0 Å². The fourth-order valence-corrected chi connectivity index (χ4v) is 4.35. The Kier molecular flexibility index (Phi) is 4.92. The van der Waals surface area contributed by atoms with E-state index in [1.165, 1.54) is 23.2 Å². The number of furan rings is 1. The largest absolute Gasteiger partial charge is 0.497 e. The van der Waals surface area contributed by atoms with Crippen LogP contribution in [-0.2, 0) is 13.0 Å². The van der Waals surface area contributed by atoms with Gasteiger partial charge in [-0.05, 0) is 60.4 Å². The molecule has 0 radical (unpaired) electrons. The van der Waals surface area contributed by atoms with Crippen molar-refractivity contribution >= 4 is 28.2 Å². The number of rotatable bonds is 4. The Morgan fingerprint density at radius 2 is 2.07 bits per heavy atom. The summed E-state index contributed by atoms with van der Waals surface area (Å²) in [5.74, 6) is 0.683.